The number of Topliss-reactive ketones (excluding diaryl/α,β-unsaturated/α-hetero) is 1. The molecule has 0 heterocycles. The minimum Gasteiger partial charge on any atom is -0.508 e. The van der Waals surface area contributed by atoms with E-state index < -0.39 is 11.8 Å². The Kier molecular flexibility index (Phi) is 4.35. The van der Waals surface area contributed by atoms with Crippen LogP contribution < -0.4 is 0 Å². The number of ketones is 1. The first-order valence-corrected chi connectivity index (χ1v) is 6.24. The number of aryl methyl sites for hydroxylation is 1. The average molecular weight is 264 g/mol. The molecule has 0 aromatic heterocycles. The van der Waals surface area contributed by atoms with E-state index in [-0.39, 0.29) is 23.3 Å². The number of benzene rings is 1. The van der Waals surface area contributed by atoms with E-state index in [0.717, 1.165) is 5.56 Å². The highest BCUT2D eigenvalue weighted by atomic mass is 16.5. The standard InChI is InChI=1S/C15H20O4/c1-6-19-14(18)13(17)10-8-12(16)11(7-9(10)2)15(3,4)5/h7-8,16H,6H2,1-5H3. The summed E-state index contributed by atoms with van der Waals surface area (Å²) in [7, 11) is 0. The van der Waals surface area contributed by atoms with Crippen LogP contribution in [0.2, 0.25) is 0 Å². The predicted octanol–water partition coefficient (Wildman–Crippen LogP) is 2.74. The van der Waals surface area contributed by atoms with Gasteiger partial charge in [0, 0.05) is 5.56 Å². The van der Waals surface area contributed by atoms with Gasteiger partial charge in [0.25, 0.3) is 5.78 Å². The van der Waals surface area contributed by atoms with Gasteiger partial charge < -0.3 is 9.84 Å². The third-order valence-corrected chi connectivity index (χ3v) is 2.86. The van der Waals surface area contributed by atoms with Gasteiger partial charge in [-0.05, 0) is 36.5 Å². The number of esters is 1. The van der Waals surface area contributed by atoms with Gasteiger partial charge in [-0.1, -0.05) is 26.8 Å². The maximum absolute atomic E-state index is 11.9. The molecule has 0 radical (unpaired) electrons. The zero-order valence-electron chi connectivity index (χ0n) is 12.0. The van der Waals surface area contributed by atoms with Gasteiger partial charge >= 0.3 is 5.97 Å². The Bertz CT molecular complexity index is 510. The summed E-state index contributed by atoms with van der Waals surface area (Å²) >= 11 is 0. The molecule has 0 fully saturated rings. The van der Waals surface area contributed by atoms with Crippen molar-refractivity contribution < 1.29 is 19.4 Å². The minimum atomic E-state index is -0.895. The number of phenolic OH excluding ortho intramolecular Hbond substituents is 1. The van der Waals surface area contributed by atoms with Crippen molar-refractivity contribution in [3.05, 3.63) is 28.8 Å². The van der Waals surface area contributed by atoms with Crippen LogP contribution in [-0.4, -0.2) is 23.5 Å². The van der Waals surface area contributed by atoms with Crippen molar-refractivity contribution in [2.24, 2.45) is 0 Å². The lowest BCUT2D eigenvalue weighted by atomic mass is 9.84. The molecule has 104 valence electrons. The van der Waals surface area contributed by atoms with Crippen molar-refractivity contribution in [3.8, 4) is 5.75 Å². The number of aromatic hydroxyl groups is 1. The maximum Gasteiger partial charge on any atom is 0.379 e. The van der Waals surface area contributed by atoms with E-state index >= 15 is 0 Å². The molecule has 0 spiro atoms. The molecular weight excluding hydrogens is 244 g/mol. The molecular formula is C15H20O4. The number of rotatable bonds is 3. The van der Waals surface area contributed by atoms with Gasteiger partial charge in [-0.15, -0.1) is 0 Å². The van der Waals surface area contributed by atoms with E-state index in [1.807, 2.05) is 20.8 Å². The highest BCUT2D eigenvalue weighted by molar-refractivity contribution is 6.41. The summed E-state index contributed by atoms with van der Waals surface area (Å²) in [5, 5.41) is 10.0. The molecule has 0 aliphatic carbocycles. The van der Waals surface area contributed by atoms with E-state index in [0.29, 0.717) is 5.56 Å². The Morgan fingerprint density at radius 1 is 1.26 bits per heavy atom. The fourth-order valence-electron chi connectivity index (χ4n) is 1.85. The van der Waals surface area contributed by atoms with Crippen LogP contribution in [0.3, 0.4) is 0 Å². The van der Waals surface area contributed by atoms with Crippen LogP contribution >= 0.6 is 0 Å². The Morgan fingerprint density at radius 2 is 1.84 bits per heavy atom. The van der Waals surface area contributed by atoms with Gasteiger partial charge in [-0.25, -0.2) is 4.79 Å². The van der Waals surface area contributed by atoms with Crippen LogP contribution in [0.4, 0.5) is 0 Å². The Labute approximate surface area is 113 Å². The molecule has 4 nitrogen and oxygen atoms in total. The third kappa shape index (κ3) is 3.34. The van der Waals surface area contributed by atoms with Gasteiger partial charge in [0.05, 0.1) is 6.61 Å². The lowest BCUT2D eigenvalue weighted by molar-refractivity contribution is -0.137. The second-order valence-electron chi connectivity index (χ2n) is 5.48. The second kappa shape index (κ2) is 5.43. The van der Waals surface area contributed by atoms with Crippen molar-refractivity contribution in [1.29, 1.82) is 0 Å². The summed E-state index contributed by atoms with van der Waals surface area (Å²) in [5.74, 6) is -1.60. The third-order valence-electron chi connectivity index (χ3n) is 2.86. The highest BCUT2D eigenvalue weighted by Gasteiger charge is 2.24. The molecule has 19 heavy (non-hydrogen) atoms. The molecule has 1 aromatic carbocycles. The Balaban J connectivity index is 3.23. The first-order chi connectivity index (χ1) is 8.68. The van der Waals surface area contributed by atoms with Gasteiger partial charge in [0.1, 0.15) is 5.75 Å². The van der Waals surface area contributed by atoms with E-state index in [9.17, 15) is 14.7 Å². The fraction of sp³-hybridized carbons (Fsp3) is 0.467. The van der Waals surface area contributed by atoms with E-state index in [1.54, 1.807) is 19.9 Å². The quantitative estimate of drug-likeness (QED) is 0.518. The molecule has 0 bridgehead atoms. The van der Waals surface area contributed by atoms with Gasteiger partial charge in [-0.3, -0.25) is 4.79 Å². The number of carbonyl (C=O) groups is 2. The van der Waals surface area contributed by atoms with Crippen LogP contribution in [0, 0.1) is 6.92 Å². The average Bonchev–Trinajstić information content (AvgIpc) is 2.29. The molecule has 1 rings (SSSR count). The van der Waals surface area contributed by atoms with E-state index in [2.05, 4.69) is 4.74 Å². The van der Waals surface area contributed by atoms with Gasteiger partial charge in [0.15, 0.2) is 0 Å². The van der Waals surface area contributed by atoms with Gasteiger partial charge in [-0.2, -0.15) is 0 Å². The van der Waals surface area contributed by atoms with Crippen LogP contribution in [0.25, 0.3) is 0 Å². The van der Waals surface area contributed by atoms with E-state index in [1.165, 1.54) is 6.07 Å². The summed E-state index contributed by atoms with van der Waals surface area (Å²) in [6, 6.07) is 3.08. The normalized spacial score (nSPS) is 11.2. The number of phenols is 1. The maximum atomic E-state index is 11.9. The molecule has 0 atom stereocenters. The molecule has 0 saturated heterocycles. The summed E-state index contributed by atoms with van der Waals surface area (Å²) in [5.41, 5.74) is 1.34. The topological polar surface area (TPSA) is 63.6 Å². The summed E-state index contributed by atoms with van der Waals surface area (Å²) in [6.45, 7) is 9.42. The first-order valence-electron chi connectivity index (χ1n) is 6.24. The zero-order chi connectivity index (χ0) is 14.8. The fourth-order valence-corrected chi connectivity index (χ4v) is 1.85. The smallest absolute Gasteiger partial charge is 0.379 e. The number of ether oxygens (including phenoxy) is 1. The molecule has 0 amide bonds. The van der Waals surface area contributed by atoms with Crippen molar-refractivity contribution in [2.45, 2.75) is 40.0 Å². The molecule has 4 heteroatoms. The number of hydrogen-bond donors (Lipinski definition) is 1. The van der Waals surface area contributed by atoms with Crippen LogP contribution in [0.15, 0.2) is 12.1 Å². The van der Waals surface area contributed by atoms with E-state index in [4.69, 9.17) is 0 Å². The van der Waals surface area contributed by atoms with Crippen molar-refractivity contribution in [1.82, 2.24) is 0 Å². The van der Waals surface area contributed by atoms with Crippen molar-refractivity contribution in [2.75, 3.05) is 6.61 Å². The largest absolute Gasteiger partial charge is 0.508 e. The second-order valence-corrected chi connectivity index (χ2v) is 5.48. The zero-order valence-corrected chi connectivity index (χ0v) is 12.0. The SMILES string of the molecule is CCOC(=O)C(=O)c1cc(O)c(C(C)(C)C)cc1C. The first kappa shape index (κ1) is 15.2. The van der Waals surface area contributed by atoms with Crippen LogP contribution in [0.1, 0.15) is 49.2 Å². The van der Waals surface area contributed by atoms with Gasteiger partial charge in [0.2, 0.25) is 0 Å². The summed E-state index contributed by atoms with van der Waals surface area (Å²) < 4.78 is 4.68. The molecule has 1 N–H and O–H groups in total. The monoisotopic (exact) mass is 264 g/mol. The summed E-state index contributed by atoms with van der Waals surface area (Å²) in [4.78, 5) is 23.3. The Hall–Kier alpha value is -1.84. The lowest BCUT2D eigenvalue weighted by Gasteiger charge is -2.21. The molecule has 0 aliphatic rings. The highest BCUT2D eigenvalue weighted by Crippen LogP contribution is 2.33. The lowest BCUT2D eigenvalue weighted by Crippen LogP contribution is -2.19. The van der Waals surface area contributed by atoms with Crippen LogP contribution in [0.5, 0.6) is 5.75 Å². The molecule has 1 aromatic rings. The van der Waals surface area contributed by atoms with Crippen LogP contribution in [-0.2, 0) is 14.9 Å². The summed E-state index contributed by atoms with van der Waals surface area (Å²) in [6.07, 6.45) is 0. The molecule has 0 saturated carbocycles. The minimum absolute atomic E-state index is 0.0192. The molecule has 0 unspecified atom stereocenters. The van der Waals surface area contributed by atoms with Crippen molar-refractivity contribution >= 4 is 11.8 Å². The number of carbonyl (C=O) groups excluding carboxylic acids is 2. The predicted molar refractivity (Wildman–Crippen MR) is 72.5 cm³/mol. The van der Waals surface area contributed by atoms with Crippen molar-refractivity contribution in [3.63, 3.8) is 0 Å². The Morgan fingerprint density at radius 3 is 2.32 bits per heavy atom. The number of hydrogen-bond acceptors (Lipinski definition) is 4. The molecule has 0 aliphatic heterocycles.